The van der Waals surface area contributed by atoms with E-state index < -0.39 is 5.54 Å². The van der Waals surface area contributed by atoms with E-state index in [0.29, 0.717) is 23.4 Å². The summed E-state index contributed by atoms with van der Waals surface area (Å²) < 4.78 is 4.87. The zero-order valence-corrected chi connectivity index (χ0v) is 12.2. The molecular formula is C15H18ClNO3. The van der Waals surface area contributed by atoms with Crippen LogP contribution in [0.3, 0.4) is 0 Å². The van der Waals surface area contributed by atoms with Crippen LogP contribution in [-0.4, -0.2) is 24.5 Å². The van der Waals surface area contributed by atoms with Crippen molar-refractivity contribution in [2.24, 2.45) is 0 Å². The Hall–Kier alpha value is -1.55. The first kappa shape index (κ1) is 14.9. The number of methoxy groups -OCH3 is 1. The summed E-state index contributed by atoms with van der Waals surface area (Å²) in [6.07, 6.45) is 4.09. The SMILES string of the molecule is COC(=O)C1(NC(=O)c2ccccc2Cl)CCCCC1. The largest absolute Gasteiger partial charge is 0.467 e. The lowest BCUT2D eigenvalue weighted by molar-refractivity contribution is -0.149. The smallest absolute Gasteiger partial charge is 0.331 e. The van der Waals surface area contributed by atoms with Crippen molar-refractivity contribution in [1.29, 1.82) is 0 Å². The van der Waals surface area contributed by atoms with Crippen LogP contribution in [0.4, 0.5) is 0 Å². The molecule has 0 spiro atoms. The molecule has 0 unspecified atom stereocenters. The molecule has 108 valence electrons. The Labute approximate surface area is 123 Å². The molecular weight excluding hydrogens is 278 g/mol. The Morgan fingerprint density at radius 1 is 1.20 bits per heavy atom. The lowest BCUT2D eigenvalue weighted by Gasteiger charge is -2.35. The van der Waals surface area contributed by atoms with E-state index in [-0.39, 0.29) is 11.9 Å². The third-order valence-corrected chi connectivity index (χ3v) is 4.08. The van der Waals surface area contributed by atoms with E-state index in [4.69, 9.17) is 16.3 Å². The van der Waals surface area contributed by atoms with E-state index in [0.717, 1.165) is 19.3 Å². The van der Waals surface area contributed by atoms with Gasteiger partial charge in [-0.1, -0.05) is 43.0 Å². The molecule has 0 saturated heterocycles. The number of rotatable bonds is 3. The van der Waals surface area contributed by atoms with Crippen molar-refractivity contribution in [3.63, 3.8) is 0 Å². The number of amides is 1. The third-order valence-electron chi connectivity index (χ3n) is 3.75. The van der Waals surface area contributed by atoms with E-state index in [1.807, 2.05) is 0 Å². The second kappa shape index (κ2) is 6.27. The van der Waals surface area contributed by atoms with Crippen LogP contribution in [0, 0.1) is 0 Å². The summed E-state index contributed by atoms with van der Waals surface area (Å²) in [5.41, 5.74) is -0.536. The lowest BCUT2D eigenvalue weighted by atomic mass is 9.81. The Balaban J connectivity index is 2.22. The van der Waals surface area contributed by atoms with Crippen LogP contribution in [0.1, 0.15) is 42.5 Å². The summed E-state index contributed by atoms with van der Waals surface area (Å²) in [7, 11) is 1.35. The number of hydrogen-bond acceptors (Lipinski definition) is 3. The molecule has 0 aromatic heterocycles. The predicted octanol–water partition coefficient (Wildman–Crippen LogP) is 2.95. The second-order valence-corrected chi connectivity index (χ2v) is 5.48. The van der Waals surface area contributed by atoms with Gasteiger partial charge in [-0.2, -0.15) is 0 Å². The highest BCUT2D eigenvalue weighted by Gasteiger charge is 2.42. The van der Waals surface area contributed by atoms with Gasteiger partial charge in [-0.25, -0.2) is 4.79 Å². The minimum Gasteiger partial charge on any atom is -0.467 e. The number of carbonyl (C=O) groups excluding carboxylic acids is 2. The molecule has 2 rings (SSSR count). The van der Waals surface area contributed by atoms with Gasteiger partial charge in [0.05, 0.1) is 17.7 Å². The molecule has 1 fully saturated rings. The molecule has 0 atom stereocenters. The number of esters is 1. The monoisotopic (exact) mass is 295 g/mol. The molecule has 1 aliphatic rings. The molecule has 0 aliphatic heterocycles. The van der Waals surface area contributed by atoms with Crippen LogP contribution in [0.15, 0.2) is 24.3 Å². The molecule has 1 aliphatic carbocycles. The van der Waals surface area contributed by atoms with E-state index in [9.17, 15) is 9.59 Å². The Morgan fingerprint density at radius 3 is 2.45 bits per heavy atom. The van der Waals surface area contributed by atoms with Crippen LogP contribution in [0.2, 0.25) is 5.02 Å². The Morgan fingerprint density at radius 2 is 1.85 bits per heavy atom. The van der Waals surface area contributed by atoms with Gasteiger partial charge in [0.25, 0.3) is 5.91 Å². The minimum absolute atomic E-state index is 0.331. The first-order valence-electron chi connectivity index (χ1n) is 6.74. The first-order valence-corrected chi connectivity index (χ1v) is 7.12. The van der Waals surface area contributed by atoms with E-state index in [1.54, 1.807) is 24.3 Å². The van der Waals surface area contributed by atoms with Gasteiger partial charge < -0.3 is 10.1 Å². The van der Waals surface area contributed by atoms with Crippen LogP contribution in [-0.2, 0) is 9.53 Å². The zero-order chi connectivity index (χ0) is 14.6. The van der Waals surface area contributed by atoms with Gasteiger partial charge in [0.2, 0.25) is 0 Å². The molecule has 20 heavy (non-hydrogen) atoms. The van der Waals surface area contributed by atoms with Crippen molar-refractivity contribution >= 4 is 23.5 Å². The number of halogens is 1. The molecule has 4 nitrogen and oxygen atoms in total. The van der Waals surface area contributed by atoms with E-state index in [1.165, 1.54) is 7.11 Å². The summed E-state index contributed by atoms with van der Waals surface area (Å²) in [6.45, 7) is 0. The minimum atomic E-state index is -0.913. The Bertz CT molecular complexity index is 510. The van der Waals surface area contributed by atoms with Gasteiger partial charge >= 0.3 is 5.97 Å². The summed E-state index contributed by atoms with van der Waals surface area (Å²) in [5, 5.41) is 3.22. The molecule has 5 heteroatoms. The number of hydrogen-bond donors (Lipinski definition) is 1. The molecule has 1 aromatic rings. The quantitative estimate of drug-likeness (QED) is 0.872. The second-order valence-electron chi connectivity index (χ2n) is 5.07. The number of benzene rings is 1. The average Bonchev–Trinajstić information content (AvgIpc) is 2.47. The maximum absolute atomic E-state index is 12.4. The molecule has 0 radical (unpaired) electrons. The van der Waals surface area contributed by atoms with Crippen LogP contribution >= 0.6 is 11.6 Å². The van der Waals surface area contributed by atoms with Crippen molar-refractivity contribution in [3.8, 4) is 0 Å². The van der Waals surface area contributed by atoms with Gasteiger partial charge in [0.15, 0.2) is 0 Å². The normalized spacial score (nSPS) is 17.3. The zero-order valence-electron chi connectivity index (χ0n) is 11.4. The molecule has 1 N–H and O–H groups in total. The van der Waals surface area contributed by atoms with Crippen molar-refractivity contribution in [3.05, 3.63) is 34.9 Å². The predicted molar refractivity (Wildman–Crippen MR) is 76.8 cm³/mol. The van der Waals surface area contributed by atoms with Gasteiger partial charge in [-0.15, -0.1) is 0 Å². The van der Waals surface area contributed by atoms with Gasteiger partial charge in [-0.3, -0.25) is 4.79 Å². The van der Waals surface area contributed by atoms with E-state index in [2.05, 4.69) is 5.32 Å². The van der Waals surface area contributed by atoms with Crippen molar-refractivity contribution in [1.82, 2.24) is 5.32 Å². The number of nitrogens with one attached hydrogen (secondary N) is 1. The fourth-order valence-electron chi connectivity index (χ4n) is 2.66. The summed E-state index contributed by atoms with van der Waals surface area (Å²) in [6, 6.07) is 6.80. The van der Waals surface area contributed by atoms with E-state index >= 15 is 0 Å². The highest BCUT2D eigenvalue weighted by molar-refractivity contribution is 6.33. The first-order chi connectivity index (χ1) is 9.59. The summed E-state index contributed by atoms with van der Waals surface area (Å²) in [5.74, 6) is -0.708. The topological polar surface area (TPSA) is 55.4 Å². The highest BCUT2D eigenvalue weighted by atomic mass is 35.5. The van der Waals surface area contributed by atoms with Crippen LogP contribution < -0.4 is 5.32 Å². The Kier molecular flexibility index (Phi) is 4.65. The molecule has 1 saturated carbocycles. The van der Waals surface area contributed by atoms with Crippen molar-refractivity contribution in [2.45, 2.75) is 37.6 Å². The standard InChI is InChI=1S/C15H18ClNO3/c1-20-14(19)15(9-5-2-6-10-15)17-13(18)11-7-3-4-8-12(11)16/h3-4,7-8H,2,5-6,9-10H2,1H3,(H,17,18). The fourth-order valence-corrected chi connectivity index (χ4v) is 2.88. The molecule has 1 aromatic carbocycles. The molecule has 0 bridgehead atoms. The van der Waals surface area contributed by atoms with Gasteiger partial charge in [-0.05, 0) is 25.0 Å². The van der Waals surface area contributed by atoms with Crippen molar-refractivity contribution in [2.75, 3.05) is 7.11 Å². The summed E-state index contributed by atoms with van der Waals surface area (Å²) >= 11 is 6.02. The number of ether oxygens (including phenoxy) is 1. The van der Waals surface area contributed by atoms with Crippen LogP contribution in [0.25, 0.3) is 0 Å². The van der Waals surface area contributed by atoms with Crippen molar-refractivity contribution < 1.29 is 14.3 Å². The summed E-state index contributed by atoms with van der Waals surface area (Å²) in [4.78, 5) is 24.4. The maximum Gasteiger partial charge on any atom is 0.331 e. The highest BCUT2D eigenvalue weighted by Crippen LogP contribution is 2.30. The fraction of sp³-hybridized carbons (Fsp3) is 0.467. The maximum atomic E-state index is 12.4. The van der Waals surface area contributed by atoms with Gasteiger partial charge in [0, 0.05) is 0 Å². The third kappa shape index (κ3) is 2.96. The molecule has 1 amide bonds. The molecule has 0 heterocycles. The van der Waals surface area contributed by atoms with Crippen LogP contribution in [0.5, 0.6) is 0 Å². The lowest BCUT2D eigenvalue weighted by Crippen LogP contribution is -2.56. The van der Waals surface area contributed by atoms with Gasteiger partial charge in [0.1, 0.15) is 5.54 Å². The number of carbonyl (C=O) groups is 2. The average molecular weight is 296 g/mol.